The quantitative estimate of drug-likeness (QED) is 0.610. The number of hydrogen-bond donors (Lipinski definition) is 0. The van der Waals surface area contributed by atoms with Gasteiger partial charge in [-0.1, -0.05) is 18.2 Å². The summed E-state index contributed by atoms with van der Waals surface area (Å²) < 4.78 is 116. The summed E-state index contributed by atoms with van der Waals surface area (Å²) in [6, 6.07) is 4.74. The van der Waals surface area contributed by atoms with Crippen molar-refractivity contribution in [2.75, 3.05) is 0 Å². The highest BCUT2D eigenvalue weighted by atomic mass is 32.1. The van der Waals surface area contributed by atoms with E-state index in [0.29, 0.717) is 16.7 Å². The van der Waals surface area contributed by atoms with Gasteiger partial charge in [0.15, 0.2) is 0 Å². The molecule has 122 valence electrons. The van der Waals surface area contributed by atoms with Crippen molar-refractivity contribution in [3.63, 3.8) is 0 Å². The maximum Gasteiger partial charge on any atom is 0.460 e. The summed E-state index contributed by atoms with van der Waals surface area (Å²) in [6.45, 7) is 0. The summed E-state index contributed by atoms with van der Waals surface area (Å²) in [5, 5.41) is -0.0551. The van der Waals surface area contributed by atoms with Gasteiger partial charge in [-0.2, -0.15) is 39.5 Å². The molecule has 0 aliphatic carbocycles. The smallest absolute Gasteiger partial charge is 0.194 e. The van der Waals surface area contributed by atoms with Gasteiger partial charge in [-0.15, -0.1) is 11.3 Å². The first-order valence-corrected chi connectivity index (χ1v) is 6.39. The molecule has 22 heavy (non-hydrogen) atoms. The van der Waals surface area contributed by atoms with E-state index in [4.69, 9.17) is 0 Å². The average molecular weight is 352 g/mol. The number of rotatable bonds is 3. The largest absolute Gasteiger partial charge is 0.460 e. The third-order valence-corrected chi connectivity index (χ3v) is 3.93. The van der Waals surface area contributed by atoms with Crippen molar-refractivity contribution < 1.29 is 39.5 Å². The van der Waals surface area contributed by atoms with Crippen molar-refractivity contribution >= 4 is 21.4 Å². The SMILES string of the molecule is FC(F)(F)C(F)(F)C(F)(F)C(F)(F)c1csc2ccccc12. The molecule has 0 spiro atoms. The summed E-state index contributed by atoms with van der Waals surface area (Å²) in [6.07, 6.45) is -6.81. The van der Waals surface area contributed by atoms with Crippen LogP contribution >= 0.6 is 11.3 Å². The van der Waals surface area contributed by atoms with Crippen LogP contribution in [-0.4, -0.2) is 18.0 Å². The van der Waals surface area contributed by atoms with Crippen LogP contribution in [0.5, 0.6) is 0 Å². The monoisotopic (exact) mass is 352 g/mol. The van der Waals surface area contributed by atoms with Crippen LogP contribution in [0.2, 0.25) is 0 Å². The second kappa shape index (κ2) is 4.77. The lowest BCUT2D eigenvalue weighted by atomic mass is 9.96. The van der Waals surface area contributed by atoms with Crippen molar-refractivity contribution in [2.24, 2.45) is 0 Å². The minimum atomic E-state index is -6.88. The predicted molar refractivity (Wildman–Crippen MR) is 61.7 cm³/mol. The molecule has 0 aliphatic heterocycles. The standard InChI is InChI=1S/C12H5F9S/c13-9(14,10(15,16)11(17,18)12(19,20)21)7-5-22-8-4-2-1-3-6(7)8/h1-5H. The molecule has 0 aliphatic rings. The molecule has 0 N–H and O–H groups in total. The third-order valence-electron chi connectivity index (χ3n) is 2.96. The molecule has 0 saturated carbocycles. The summed E-state index contributed by atoms with van der Waals surface area (Å²) in [5.74, 6) is -19.2. The Balaban J connectivity index is 2.63. The van der Waals surface area contributed by atoms with E-state index in [-0.39, 0.29) is 4.70 Å². The molecule has 0 nitrogen and oxygen atoms in total. The lowest BCUT2D eigenvalue weighted by Crippen LogP contribution is -2.59. The van der Waals surface area contributed by atoms with Gasteiger partial charge in [0.25, 0.3) is 0 Å². The highest BCUT2D eigenvalue weighted by Gasteiger charge is 2.82. The molecule has 0 radical (unpaired) electrons. The number of fused-ring (bicyclic) bond motifs is 1. The minimum absolute atomic E-state index is 0.0586. The number of halogens is 9. The lowest BCUT2D eigenvalue weighted by molar-refractivity contribution is -0.399. The molecular weight excluding hydrogens is 347 g/mol. The minimum Gasteiger partial charge on any atom is -0.194 e. The molecule has 0 amide bonds. The topological polar surface area (TPSA) is 0 Å². The Kier molecular flexibility index (Phi) is 3.67. The maximum atomic E-state index is 13.8. The van der Waals surface area contributed by atoms with E-state index in [1.807, 2.05) is 0 Å². The van der Waals surface area contributed by atoms with Crippen molar-refractivity contribution in [1.29, 1.82) is 0 Å². The van der Waals surface area contributed by atoms with Crippen LogP contribution in [-0.2, 0) is 5.92 Å². The molecule has 0 fully saturated rings. The molecule has 0 atom stereocenters. The first-order chi connectivity index (χ1) is 9.84. The van der Waals surface area contributed by atoms with Crippen molar-refractivity contribution in [3.8, 4) is 0 Å². The van der Waals surface area contributed by atoms with E-state index in [1.54, 1.807) is 0 Å². The van der Waals surface area contributed by atoms with E-state index in [0.717, 1.165) is 6.07 Å². The first-order valence-electron chi connectivity index (χ1n) is 5.51. The van der Waals surface area contributed by atoms with Gasteiger partial charge in [0.05, 0.1) is 0 Å². The second-order valence-corrected chi connectivity index (χ2v) is 5.28. The average Bonchev–Trinajstić information content (AvgIpc) is 2.81. The van der Waals surface area contributed by atoms with Gasteiger partial charge in [0.2, 0.25) is 0 Å². The van der Waals surface area contributed by atoms with Gasteiger partial charge >= 0.3 is 23.9 Å². The van der Waals surface area contributed by atoms with Crippen LogP contribution in [0.15, 0.2) is 29.6 Å². The summed E-state index contributed by atoms with van der Waals surface area (Å²) >= 11 is 0.536. The fourth-order valence-corrected chi connectivity index (χ4v) is 2.75. The third kappa shape index (κ3) is 2.15. The van der Waals surface area contributed by atoms with Crippen LogP contribution in [0, 0.1) is 0 Å². The van der Waals surface area contributed by atoms with Gasteiger partial charge in [-0.25, -0.2) is 0 Å². The fourth-order valence-electron chi connectivity index (χ4n) is 1.77. The molecule has 1 aromatic carbocycles. The van der Waals surface area contributed by atoms with E-state index < -0.39 is 34.9 Å². The van der Waals surface area contributed by atoms with Gasteiger partial charge in [0.1, 0.15) is 0 Å². The number of hydrogen-bond acceptors (Lipinski definition) is 1. The Bertz CT molecular complexity index is 683. The highest BCUT2D eigenvalue weighted by molar-refractivity contribution is 7.17. The van der Waals surface area contributed by atoms with Crippen molar-refractivity contribution in [1.82, 2.24) is 0 Å². The van der Waals surface area contributed by atoms with E-state index in [9.17, 15) is 39.5 Å². The molecule has 10 heteroatoms. The Labute approximate surface area is 121 Å². The molecule has 1 aromatic heterocycles. The summed E-state index contributed by atoms with van der Waals surface area (Å²) in [5.41, 5.74) is -1.57. The zero-order valence-corrected chi connectivity index (χ0v) is 11.0. The number of alkyl halides is 9. The van der Waals surface area contributed by atoms with Crippen LogP contribution in [0.1, 0.15) is 5.56 Å². The predicted octanol–water partition coefficient (Wildman–Crippen LogP) is 5.83. The first kappa shape index (κ1) is 16.9. The Hall–Kier alpha value is -1.45. The second-order valence-electron chi connectivity index (χ2n) is 4.37. The summed E-state index contributed by atoms with van der Waals surface area (Å²) in [7, 11) is 0. The lowest BCUT2D eigenvalue weighted by Gasteiger charge is -2.33. The van der Waals surface area contributed by atoms with E-state index >= 15 is 0 Å². The maximum absolute atomic E-state index is 13.8. The highest BCUT2D eigenvalue weighted by Crippen LogP contribution is 2.57. The zero-order chi connectivity index (χ0) is 17.0. The summed E-state index contributed by atoms with van der Waals surface area (Å²) in [4.78, 5) is 0. The van der Waals surface area contributed by atoms with E-state index in [1.165, 1.54) is 18.2 Å². The van der Waals surface area contributed by atoms with Crippen molar-refractivity contribution in [2.45, 2.75) is 23.9 Å². The van der Waals surface area contributed by atoms with Gasteiger partial charge in [-0.05, 0) is 6.07 Å². The number of benzene rings is 1. The Morgan fingerprint density at radius 1 is 0.727 bits per heavy atom. The van der Waals surface area contributed by atoms with Crippen LogP contribution < -0.4 is 0 Å². The molecule has 1 heterocycles. The Morgan fingerprint density at radius 2 is 1.27 bits per heavy atom. The molecule has 0 unspecified atom stereocenters. The van der Waals surface area contributed by atoms with Crippen LogP contribution in [0.25, 0.3) is 10.1 Å². The van der Waals surface area contributed by atoms with Gasteiger partial charge in [0, 0.05) is 21.0 Å². The molecule has 0 bridgehead atoms. The normalized spacial score (nSPS) is 14.6. The van der Waals surface area contributed by atoms with Gasteiger partial charge < -0.3 is 0 Å². The van der Waals surface area contributed by atoms with Gasteiger partial charge in [-0.3, -0.25) is 0 Å². The molecule has 2 aromatic rings. The van der Waals surface area contributed by atoms with Crippen molar-refractivity contribution in [3.05, 3.63) is 35.2 Å². The number of thiophene rings is 1. The fraction of sp³-hybridized carbons (Fsp3) is 0.333. The Morgan fingerprint density at radius 3 is 1.82 bits per heavy atom. The van der Waals surface area contributed by atoms with Crippen LogP contribution in [0.3, 0.4) is 0 Å². The van der Waals surface area contributed by atoms with E-state index in [2.05, 4.69) is 0 Å². The zero-order valence-electron chi connectivity index (χ0n) is 10.2. The van der Waals surface area contributed by atoms with Crippen LogP contribution in [0.4, 0.5) is 39.5 Å². The molecule has 0 saturated heterocycles. The molecular formula is C12H5F9S. The molecule has 2 rings (SSSR count).